The molecule has 2 aromatic carbocycles. The molecule has 1 aromatic heterocycles. The van der Waals surface area contributed by atoms with Crippen molar-refractivity contribution in [2.45, 2.75) is 20.0 Å². The van der Waals surface area contributed by atoms with Crippen LogP contribution in [0, 0.1) is 5.82 Å². The molecule has 1 aliphatic rings. The van der Waals surface area contributed by atoms with E-state index in [1.54, 1.807) is 24.5 Å². The van der Waals surface area contributed by atoms with Crippen LogP contribution in [0.5, 0.6) is 5.75 Å². The Kier molecular flexibility index (Phi) is 6.11. The summed E-state index contributed by atoms with van der Waals surface area (Å²) in [5.74, 6) is -0.0352. The van der Waals surface area contributed by atoms with E-state index in [0.717, 1.165) is 12.1 Å². The number of fused-ring (bicyclic) bond motifs is 1. The number of nitrogens with one attached hydrogen (secondary N) is 2. The first-order chi connectivity index (χ1) is 15.5. The van der Waals surface area contributed by atoms with Gasteiger partial charge in [0.1, 0.15) is 18.2 Å². The summed E-state index contributed by atoms with van der Waals surface area (Å²) < 4.78 is 22.5. The number of rotatable bonds is 7. The van der Waals surface area contributed by atoms with Crippen molar-refractivity contribution < 1.29 is 13.9 Å². The van der Waals surface area contributed by atoms with Gasteiger partial charge in [0.25, 0.3) is 5.91 Å². The van der Waals surface area contributed by atoms with Crippen molar-refractivity contribution in [2.75, 3.05) is 18.4 Å². The average Bonchev–Trinajstić information content (AvgIpc) is 3.22. The van der Waals surface area contributed by atoms with Gasteiger partial charge in [-0.25, -0.2) is 9.37 Å². The molecular weight excluding hydrogens is 409 g/mol. The number of carbonyl (C=O) groups is 1. The van der Waals surface area contributed by atoms with Crippen molar-refractivity contribution in [3.8, 4) is 16.9 Å². The van der Waals surface area contributed by atoms with Crippen LogP contribution in [-0.4, -0.2) is 28.5 Å². The van der Waals surface area contributed by atoms with Gasteiger partial charge < -0.3 is 25.7 Å². The summed E-state index contributed by atoms with van der Waals surface area (Å²) in [7, 11) is 1.89. The lowest BCUT2D eigenvalue weighted by Crippen LogP contribution is -2.32. The summed E-state index contributed by atoms with van der Waals surface area (Å²) >= 11 is 0. The molecule has 4 rings (SSSR count). The molecule has 0 saturated carbocycles. The molecule has 0 unspecified atom stereocenters. The van der Waals surface area contributed by atoms with Crippen LogP contribution >= 0.6 is 0 Å². The van der Waals surface area contributed by atoms with Crippen LogP contribution in [-0.2, 0) is 18.4 Å². The topological polar surface area (TPSA) is 94.2 Å². The molecule has 0 fully saturated rings. The van der Waals surface area contributed by atoms with Gasteiger partial charge in [-0.15, -0.1) is 0 Å². The van der Waals surface area contributed by atoms with Crippen LogP contribution in [0.4, 0.5) is 10.1 Å². The fraction of sp³-hybridized carbons (Fsp3) is 0.250. The van der Waals surface area contributed by atoms with E-state index in [1.165, 1.54) is 6.07 Å². The van der Waals surface area contributed by atoms with E-state index < -0.39 is 0 Å². The molecule has 4 N–H and O–H groups in total. The molecular formula is C24H26FN5O2. The summed E-state index contributed by atoms with van der Waals surface area (Å²) in [4.78, 5) is 16.7. The Balaban J connectivity index is 1.65. The molecule has 0 atom stereocenters. The predicted molar refractivity (Wildman–Crippen MR) is 122 cm³/mol. The lowest BCUT2D eigenvalue weighted by Gasteiger charge is -2.25. The number of nitrogens with zero attached hydrogens (tertiary/aromatic N) is 2. The monoisotopic (exact) mass is 435 g/mol. The molecule has 166 valence electrons. The number of hydrogen-bond donors (Lipinski definition) is 3. The number of para-hydroxylation sites is 1. The fourth-order valence-electron chi connectivity index (χ4n) is 3.67. The zero-order chi connectivity index (χ0) is 22.7. The van der Waals surface area contributed by atoms with E-state index in [9.17, 15) is 9.18 Å². The molecule has 2 heterocycles. The molecule has 0 saturated heterocycles. The minimum atomic E-state index is -0.376. The Morgan fingerprint density at radius 2 is 2.09 bits per heavy atom. The highest BCUT2D eigenvalue weighted by Gasteiger charge is 2.24. The minimum Gasteiger partial charge on any atom is -0.487 e. The van der Waals surface area contributed by atoms with E-state index in [0.29, 0.717) is 45.9 Å². The third kappa shape index (κ3) is 4.30. The average molecular weight is 436 g/mol. The minimum absolute atomic E-state index is 0.191. The molecule has 0 bridgehead atoms. The number of hydrogen-bond acceptors (Lipinski definition) is 5. The maximum absolute atomic E-state index is 14.8. The van der Waals surface area contributed by atoms with Crippen molar-refractivity contribution >= 4 is 17.3 Å². The fourth-order valence-corrected chi connectivity index (χ4v) is 3.67. The number of anilines is 1. The largest absolute Gasteiger partial charge is 0.487 e. The molecule has 7 nitrogen and oxygen atoms in total. The van der Waals surface area contributed by atoms with Gasteiger partial charge in [-0.3, -0.25) is 4.79 Å². The summed E-state index contributed by atoms with van der Waals surface area (Å²) in [6.45, 7) is 3.12. The van der Waals surface area contributed by atoms with Gasteiger partial charge in [0.05, 0.1) is 29.0 Å². The zero-order valence-corrected chi connectivity index (χ0v) is 18.1. The van der Waals surface area contributed by atoms with Gasteiger partial charge >= 0.3 is 0 Å². The Bertz CT molecular complexity index is 1180. The first kappa shape index (κ1) is 21.4. The van der Waals surface area contributed by atoms with E-state index in [1.807, 2.05) is 36.9 Å². The second kappa shape index (κ2) is 9.13. The molecule has 32 heavy (non-hydrogen) atoms. The zero-order valence-electron chi connectivity index (χ0n) is 18.1. The third-order valence-electron chi connectivity index (χ3n) is 5.30. The van der Waals surface area contributed by atoms with Crippen LogP contribution in [0.15, 0.2) is 54.5 Å². The summed E-state index contributed by atoms with van der Waals surface area (Å²) in [5.41, 5.74) is 10.4. The van der Waals surface area contributed by atoms with Crippen LogP contribution in [0.25, 0.3) is 16.8 Å². The SMILES string of the molecule is CCCNC(=O)C1=C(N)c2cccc(-c3cc(OCc4cn(C)cn4)ccc3F)c2NC1. The molecule has 0 radical (unpaired) electrons. The molecule has 0 spiro atoms. The number of ether oxygens (including phenoxy) is 1. The highest BCUT2D eigenvalue weighted by molar-refractivity contribution is 6.05. The molecule has 1 aliphatic heterocycles. The van der Waals surface area contributed by atoms with E-state index in [4.69, 9.17) is 10.5 Å². The van der Waals surface area contributed by atoms with E-state index >= 15 is 0 Å². The Morgan fingerprint density at radius 3 is 2.84 bits per heavy atom. The van der Waals surface area contributed by atoms with Crippen LogP contribution < -0.4 is 21.1 Å². The van der Waals surface area contributed by atoms with Crippen molar-refractivity contribution in [1.29, 1.82) is 0 Å². The van der Waals surface area contributed by atoms with Crippen molar-refractivity contribution in [1.82, 2.24) is 14.9 Å². The van der Waals surface area contributed by atoms with Gasteiger partial charge in [-0.2, -0.15) is 0 Å². The highest BCUT2D eigenvalue weighted by Crippen LogP contribution is 2.39. The summed E-state index contributed by atoms with van der Waals surface area (Å²) in [6.07, 6.45) is 4.40. The number of nitrogens with two attached hydrogens (primary N) is 1. The maximum atomic E-state index is 14.8. The highest BCUT2D eigenvalue weighted by atomic mass is 19.1. The number of halogens is 1. The Hall–Kier alpha value is -3.81. The quantitative estimate of drug-likeness (QED) is 0.529. The summed E-state index contributed by atoms with van der Waals surface area (Å²) in [6, 6.07) is 10.1. The molecule has 3 aromatic rings. The predicted octanol–water partition coefficient (Wildman–Crippen LogP) is 3.43. The molecule has 0 aliphatic carbocycles. The molecule has 1 amide bonds. The number of amides is 1. The van der Waals surface area contributed by atoms with Gasteiger partial charge in [0.15, 0.2) is 0 Å². The number of aromatic nitrogens is 2. The van der Waals surface area contributed by atoms with E-state index in [-0.39, 0.29) is 24.9 Å². The van der Waals surface area contributed by atoms with Crippen LogP contribution in [0.3, 0.4) is 0 Å². The third-order valence-corrected chi connectivity index (χ3v) is 5.30. The van der Waals surface area contributed by atoms with Crippen molar-refractivity contribution in [3.63, 3.8) is 0 Å². The van der Waals surface area contributed by atoms with Crippen LogP contribution in [0.2, 0.25) is 0 Å². The number of aryl methyl sites for hydroxylation is 1. The number of carbonyl (C=O) groups excluding carboxylic acids is 1. The van der Waals surface area contributed by atoms with Crippen molar-refractivity contribution in [3.05, 3.63) is 71.6 Å². The Labute approximate surface area is 186 Å². The van der Waals surface area contributed by atoms with E-state index in [2.05, 4.69) is 15.6 Å². The normalized spacial score (nSPS) is 12.8. The Morgan fingerprint density at radius 1 is 1.28 bits per heavy atom. The van der Waals surface area contributed by atoms with Gasteiger partial charge in [-0.1, -0.05) is 25.1 Å². The number of benzene rings is 2. The van der Waals surface area contributed by atoms with Gasteiger partial charge in [0, 0.05) is 43.0 Å². The second-order valence-electron chi connectivity index (χ2n) is 7.69. The first-order valence-electron chi connectivity index (χ1n) is 10.5. The standard InChI is InChI=1S/C24H26FN5O2/c1-3-9-27-24(31)20-11-28-23-17(5-4-6-18(23)22(20)26)19-10-16(7-8-21(19)25)32-13-15-12-30(2)14-29-15/h4-8,10,12,14,28H,3,9,11,13,26H2,1-2H3,(H,27,31). The van der Waals surface area contributed by atoms with Crippen LogP contribution in [0.1, 0.15) is 24.6 Å². The maximum Gasteiger partial charge on any atom is 0.251 e. The van der Waals surface area contributed by atoms with Crippen molar-refractivity contribution in [2.24, 2.45) is 12.8 Å². The lowest BCUT2D eigenvalue weighted by molar-refractivity contribution is -0.117. The summed E-state index contributed by atoms with van der Waals surface area (Å²) in [5, 5.41) is 6.11. The second-order valence-corrected chi connectivity index (χ2v) is 7.69. The smallest absolute Gasteiger partial charge is 0.251 e. The molecule has 8 heteroatoms. The van der Waals surface area contributed by atoms with Gasteiger partial charge in [0.2, 0.25) is 0 Å². The van der Waals surface area contributed by atoms with Gasteiger partial charge in [-0.05, 0) is 24.6 Å². The first-order valence-corrected chi connectivity index (χ1v) is 10.5. The lowest BCUT2D eigenvalue weighted by atomic mass is 9.93. The number of imidazole rings is 1.